The third-order valence-corrected chi connectivity index (χ3v) is 6.01. The molecule has 0 saturated heterocycles. The third kappa shape index (κ3) is 5.81. The van der Waals surface area contributed by atoms with Gasteiger partial charge in [0.25, 0.3) is 0 Å². The van der Waals surface area contributed by atoms with E-state index in [1.54, 1.807) is 49.6 Å². The molecule has 0 saturated carbocycles. The van der Waals surface area contributed by atoms with Crippen LogP contribution in [0, 0.1) is 13.8 Å². The molecule has 0 heterocycles. The van der Waals surface area contributed by atoms with Crippen LogP contribution in [0.15, 0.2) is 97.1 Å². The molecular formula is C31H28O5. The van der Waals surface area contributed by atoms with Gasteiger partial charge in [-0.15, -0.1) is 0 Å². The van der Waals surface area contributed by atoms with E-state index in [-0.39, 0.29) is 5.78 Å². The Bertz CT molecular complexity index is 1340. The number of aryl methyl sites for hydroxylation is 2. The van der Waals surface area contributed by atoms with E-state index in [2.05, 4.69) is 0 Å². The Kier molecular flexibility index (Phi) is 7.81. The van der Waals surface area contributed by atoms with Crippen LogP contribution in [0.5, 0.6) is 11.5 Å². The number of para-hydroxylation sites is 2. The zero-order valence-electron chi connectivity index (χ0n) is 20.6. The van der Waals surface area contributed by atoms with Crippen LogP contribution in [-0.4, -0.2) is 18.9 Å². The summed E-state index contributed by atoms with van der Waals surface area (Å²) >= 11 is 0. The van der Waals surface area contributed by atoms with Crippen LogP contribution in [0.1, 0.15) is 49.1 Å². The summed E-state index contributed by atoms with van der Waals surface area (Å²) in [4.78, 5) is 26.4. The van der Waals surface area contributed by atoms with Crippen molar-refractivity contribution in [3.05, 3.63) is 130 Å². The highest BCUT2D eigenvalue weighted by atomic mass is 16.5. The van der Waals surface area contributed by atoms with E-state index < -0.39 is 12.1 Å². The number of ether oxygens (including phenoxy) is 3. The molecule has 4 aromatic carbocycles. The predicted molar refractivity (Wildman–Crippen MR) is 139 cm³/mol. The summed E-state index contributed by atoms with van der Waals surface area (Å²) in [5.41, 5.74) is 4.45. The van der Waals surface area contributed by atoms with Crippen molar-refractivity contribution < 1.29 is 23.8 Å². The molecule has 0 spiro atoms. The molecule has 4 rings (SSSR count). The van der Waals surface area contributed by atoms with Gasteiger partial charge in [-0.2, -0.15) is 0 Å². The minimum atomic E-state index is -1.05. The lowest BCUT2D eigenvalue weighted by Crippen LogP contribution is -2.20. The monoisotopic (exact) mass is 480 g/mol. The number of benzene rings is 4. The van der Waals surface area contributed by atoms with Crippen molar-refractivity contribution in [2.24, 2.45) is 0 Å². The summed E-state index contributed by atoms with van der Waals surface area (Å²) in [7, 11) is 1.59. The summed E-state index contributed by atoms with van der Waals surface area (Å²) in [6, 6.07) is 28.9. The Labute approximate surface area is 211 Å². The lowest BCUT2D eigenvalue weighted by molar-refractivity contribution is 0.0280. The zero-order chi connectivity index (χ0) is 25.5. The number of ketones is 1. The third-order valence-electron chi connectivity index (χ3n) is 6.01. The second-order valence-corrected chi connectivity index (χ2v) is 8.50. The summed E-state index contributed by atoms with van der Waals surface area (Å²) in [5, 5.41) is 0. The number of hydrogen-bond donors (Lipinski definition) is 0. The van der Waals surface area contributed by atoms with Crippen molar-refractivity contribution in [1.82, 2.24) is 0 Å². The number of carbonyl (C=O) groups excluding carboxylic acids is 2. The van der Waals surface area contributed by atoms with E-state index in [1.807, 2.05) is 68.4 Å². The van der Waals surface area contributed by atoms with Crippen molar-refractivity contribution in [3.63, 3.8) is 0 Å². The van der Waals surface area contributed by atoms with E-state index in [0.29, 0.717) is 34.8 Å². The standard InChI is InChI=1S/C31H28O5/c1-21-13-16-26(19-22(21)2)29(32)30(24-9-5-4-6-10-24)36-31(33)25-17-14-23(15-18-25)20-35-28-12-8-7-11-27(28)34-3/h4-19,30H,20H2,1-3H3/t30-/m1/s1. The maximum Gasteiger partial charge on any atom is 0.339 e. The average molecular weight is 481 g/mol. The molecule has 5 heteroatoms. The molecule has 0 aliphatic carbocycles. The minimum absolute atomic E-state index is 0.264. The van der Waals surface area contributed by atoms with Crippen LogP contribution in [0.25, 0.3) is 0 Å². The first-order valence-corrected chi connectivity index (χ1v) is 11.7. The second kappa shape index (κ2) is 11.4. The van der Waals surface area contributed by atoms with Gasteiger partial charge in [0.2, 0.25) is 5.78 Å². The summed E-state index contributed by atoms with van der Waals surface area (Å²) in [6.07, 6.45) is -1.05. The lowest BCUT2D eigenvalue weighted by Gasteiger charge is -2.18. The van der Waals surface area contributed by atoms with Crippen LogP contribution >= 0.6 is 0 Å². The molecule has 5 nitrogen and oxygen atoms in total. The molecule has 4 aromatic rings. The molecule has 0 radical (unpaired) electrons. The Morgan fingerprint density at radius 1 is 0.722 bits per heavy atom. The van der Waals surface area contributed by atoms with Gasteiger partial charge in [0, 0.05) is 11.1 Å². The van der Waals surface area contributed by atoms with Gasteiger partial charge in [0.05, 0.1) is 12.7 Å². The fourth-order valence-corrected chi connectivity index (χ4v) is 3.76. The van der Waals surface area contributed by atoms with Gasteiger partial charge in [0.1, 0.15) is 6.61 Å². The number of carbonyl (C=O) groups is 2. The van der Waals surface area contributed by atoms with Gasteiger partial charge in [0.15, 0.2) is 17.6 Å². The Morgan fingerprint density at radius 3 is 2.03 bits per heavy atom. The van der Waals surface area contributed by atoms with Crippen molar-refractivity contribution in [2.45, 2.75) is 26.6 Å². The van der Waals surface area contributed by atoms with Gasteiger partial charge >= 0.3 is 5.97 Å². The SMILES string of the molecule is COc1ccccc1OCc1ccc(C(=O)O[C@@H](C(=O)c2ccc(C)c(C)c2)c2ccccc2)cc1. The fraction of sp³-hybridized carbons (Fsp3) is 0.161. The number of esters is 1. The first-order valence-electron chi connectivity index (χ1n) is 11.7. The van der Waals surface area contributed by atoms with E-state index in [9.17, 15) is 9.59 Å². The van der Waals surface area contributed by atoms with E-state index >= 15 is 0 Å². The van der Waals surface area contributed by atoms with Crippen molar-refractivity contribution >= 4 is 11.8 Å². The van der Waals surface area contributed by atoms with Crippen LogP contribution in [-0.2, 0) is 11.3 Å². The zero-order valence-corrected chi connectivity index (χ0v) is 20.6. The molecule has 0 aliphatic rings. The maximum atomic E-state index is 13.4. The highest BCUT2D eigenvalue weighted by Gasteiger charge is 2.27. The fourth-order valence-electron chi connectivity index (χ4n) is 3.76. The topological polar surface area (TPSA) is 61.8 Å². The molecule has 0 aromatic heterocycles. The molecule has 36 heavy (non-hydrogen) atoms. The average Bonchev–Trinajstić information content (AvgIpc) is 2.92. The normalized spacial score (nSPS) is 11.4. The van der Waals surface area contributed by atoms with Gasteiger partial charge in [-0.1, -0.05) is 66.7 Å². The van der Waals surface area contributed by atoms with E-state index in [0.717, 1.165) is 16.7 Å². The highest BCUT2D eigenvalue weighted by Crippen LogP contribution is 2.27. The molecule has 0 unspecified atom stereocenters. The number of methoxy groups -OCH3 is 1. The Hall–Kier alpha value is -4.38. The largest absolute Gasteiger partial charge is 0.493 e. The lowest BCUT2D eigenvalue weighted by atomic mass is 9.97. The van der Waals surface area contributed by atoms with E-state index in [4.69, 9.17) is 14.2 Å². The predicted octanol–water partition coefficient (Wildman–Crippen LogP) is 6.67. The van der Waals surface area contributed by atoms with Crippen LogP contribution in [0.2, 0.25) is 0 Å². The molecule has 0 aliphatic heterocycles. The first kappa shape index (κ1) is 24.7. The summed E-state index contributed by atoms with van der Waals surface area (Å²) < 4.78 is 16.9. The van der Waals surface area contributed by atoms with Crippen molar-refractivity contribution in [2.75, 3.05) is 7.11 Å². The molecular weight excluding hydrogens is 452 g/mol. The quantitative estimate of drug-likeness (QED) is 0.198. The van der Waals surface area contributed by atoms with Crippen LogP contribution in [0.3, 0.4) is 0 Å². The van der Waals surface area contributed by atoms with Crippen molar-refractivity contribution in [1.29, 1.82) is 0 Å². The summed E-state index contributed by atoms with van der Waals surface area (Å²) in [6.45, 7) is 4.26. The first-order chi connectivity index (χ1) is 17.5. The number of hydrogen-bond acceptors (Lipinski definition) is 5. The Balaban J connectivity index is 1.49. The smallest absolute Gasteiger partial charge is 0.339 e. The van der Waals surface area contributed by atoms with Crippen molar-refractivity contribution in [3.8, 4) is 11.5 Å². The molecule has 0 amide bonds. The summed E-state index contributed by atoms with van der Waals surface area (Å²) in [5.74, 6) is 0.454. The second-order valence-electron chi connectivity index (χ2n) is 8.50. The van der Waals surface area contributed by atoms with E-state index in [1.165, 1.54) is 0 Å². The van der Waals surface area contributed by atoms with Gasteiger partial charge in [-0.25, -0.2) is 4.79 Å². The molecule has 1 atom stereocenters. The molecule has 0 N–H and O–H groups in total. The van der Waals surface area contributed by atoms with Gasteiger partial charge in [-0.05, 0) is 60.9 Å². The number of Topliss-reactive ketones (excluding diaryl/α,β-unsaturated/α-hetero) is 1. The van der Waals surface area contributed by atoms with Gasteiger partial charge < -0.3 is 14.2 Å². The maximum absolute atomic E-state index is 13.4. The van der Waals surface area contributed by atoms with Crippen LogP contribution in [0.4, 0.5) is 0 Å². The molecule has 182 valence electrons. The molecule has 0 fully saturated rings. The minimum Gasteiger partial charge on any atom is -0.493 e. The number of rotatable bonds is 9. The highest BCUT2D eigenvalue weighted by molar-refractivity contribution is 6.02. The van der Waals surface area contributed by atoms with Gasteiger partial charge in [-0.3, -0.25) is 4.79 Å². The molecule has 0 bridgehead atoms. The Morgan fingerprint density at radius 2 is 1.36 bits per heavy atom. The van der Waals surface area contributed by atoms with Crippen LogP contribution < -0.4 is 9.47 Å².